The maximum absolute atomic E-state index is 12.9. The molecule has 0 aliphatic heterocycles. The van der Waals surface area contributed by atoms with Crippen LogP contribution in [0, 0.1) is 0 Å². The number of rotatable bonds is 13. The van der Waals surface area contributed by atoms with Crippen LogP contribution in [-0.2, 0) is 4.79 Å². The number of amides is 2. The lowest BCUT2D eigenvalue weighted by atomic mass is 10.1. The fourth-order valence-corrected chi connectivity index (χ4v) is 3.53. The third-order valence-electron chi connectivity index (χ3n) is 5.45. The number of carbonyl (C=O) groups excluding carboxylic acids is 3. The Hall–Kier alpha value is -5.06. The van der Waals surface area contributed by atoms with Crippen molar-refractivity contribution in [2.75, 3.05) is 34.5 Å². The maximum atomic E-state index is 12.9. The Kier molecular flexibility index (Phi) is 10.9. The van der Waals surface area contributed by atoms with E-state index in [1.165, 1.54) is 39.7 Å². The first kappa shape index (κ1) is 29.5. The number of hydrogen-bond donors (Lipinski definition) is 2. The average Bonchev–Trinajstić information content (AvgIpc) is 2.98. The van der Waals surface area contributed by atoms with E-state index in [4.69, 9.17) is 23.7 Å². The van der Waals surface area contributed by atoms with E-state index in [2.05, 4.69) is 15.8 Å². The van der Waals surface area contributed by atoms with Gasteiger partial charge in [0.15, 0.2) is 23.0 Å². The lowest BCUT2D eigenvalue weighted by Gasteiger charge is -2.15. The number of esters is 1. The summed E-state index contributed by atoms with van der Waals surface area (Å²) in [5.41, 5.74) is 3.71. The first-order valence-electron chi connectivity index (χ1n) is 12.3. The van der Waals surface area contributed by atoms with Gasteiger partial charge in [-0.25, -0.2) is 10.2 Å². The fraction of sp³-hybridized carbons (Fsp3) is 0.241. The topological polar surface area (TPSA) is 134 Å². The standard InChI is InChI=1S/C29H31N3O8/c1-5-39-23-15-19(18-31-32-26(33)13-14-30-28(34)20-9-7-6-8-10-20)11-12-22(23)40-29(35)21-16-24(36-2)27(38-4)25(17-21)37-3/h6-12,15-18H,5,13-14H2,1-4H3,(H,30,34)(H,32,33). The molecule has 0 atom stereocenters. The van der Waals surface area contributed by atoms with Crippen molar-refractivity contribution in [3.63, 3.8) is 0 Å². The quantitative estimate of drug-likeness (QED) is 0.143. The molecule has 0 radical (unpaired) electrons. The summed E-state index contributed by atoms with van der Waals surface area (Å²) in [6, 6.07) is 16.5. The van der Waals surface area contributed by atoms with Gasteiger partial charge in [-0.1, -0.05) is 18.2 Å². The molecule has 0 aliphatic rings. The Morgan fingerprint density at radius 1 is 0.825 bits per heavy atom. The molecule has 40 heavy (non-hydrogen) atoms. The van der Waals surface area contributed by atoms with Gasteiger partial charge in [0.25, 0.3) is 5.91 Å². The second-order valence-electron chi connectivity index (χ2n) is 8.11. The molecule has 0 aromatic heterocycles. The first-order valence-corrected chi connectivity index (χ1v) is 12.3. The van der Waals surface area contributed by atoms with Crippen molar-refractivity contribution in [2.24, 2.45) is 5.10 Å². The van der Waals surface area contributed by atoms with Crippen LogP contribution >= 0.6 is 0 Å². The smallest absolute Gasteiger partial charge is 0.343 e. The minimum Gasteiger partial charge on any atom is -0.493 e. The highest BCUT2D eigenvalue weighted by molar-refractivity contribution is 5.94. The number of methoxy groups -OCH3 is 3. The molecule has 3 aromatic rings. The van der Waals surface area contributed by atoms with E-state index in [9.17, 15) is 14.4 Å². The van der Waals surface area contributed by atoms with Gasteiger partial charge in [-0.05, 0) is 55.0 Å². The number of carbonyl (C=O) groups is 3. The second-order valence-corrected chi connectivity index (χ2v) is 8.11. The molecule has 0 spiro atoms. The number of nitrogens with zero attached hydrogens (tertiary/aromatic N) is 1. The van der Waals surface area contributed by atoms with Crippen LogP contribution in [0.3, 0.4) is 0 Å². The van der Waals surface area contributed by atoms with Gasteiger partial charge in [0, 0.05) is 18.5 Å². The third-order valence-corrected chi connectivity index (χ3v) is 5.45. The summed E-state index contributed by atoms with van der Waals surface area (Å²) in [5.74, 6) is 0.185. The summed E-state index contributed by atoms with van der Waals surface area (Å²) in [6.07, 6.45) is 1.48. The highest BCUT2D eigenvalue weighted by Gasteiger charge is 2.20. The number of hydrogen-bond acceptors (Lipinski definition) is 9. The van der Waals surface area contributed by atoms with E-state index in [-0.39, 0.29) is 36.1 Å². The molecule has 3 aromatic carbocycles. The number of hydrazone groups is 1. The molecule has 11 heteroatoms. The van der Waals surface area contributed by atoms with Crippen LogP contribution in [0.1, 0.15) is 39.6 Å². The molecular weight excluding hydrogens is 518 g/mol. The third kappa shape index (κ3) is 7.97. The van der Waals surface area contributed by atoms with Gasteiger partial charge in [-0.2, -0.15) is 5.10 Å². The zero-order valence-corrected chi connectivity index (χ0v) is 22.7. The molecule has 0 fully saturated rings. The largest absolute Gasteiger partial charge is 0.493 e. The van der Waals surface area contributed by atoms with Crippen molar-refractivity contribution in [3.05, 3.63) is 77.4 Å². The van der Waals surface area contributed by atoms with Gasteiger partial charge in [-0.15, -0.1) is 0 Å². The van der Waals surface area contributed by atoms with E-state index in [0.29, 0.717) is 40.7 Å². The van der Waals surface area contributed by atoms with Crippen LogP contribution in [0.2, 0.25) is 0 Å². The molecule has 2 amide bonds. The van der Waals surface area contributed by atoms with Crippen molar-refractivity contribution in [3.8, 4) is 28.7 Å². The van der Waals surface area contributed by atoms with Crippen molar-refractivity contribution in [2.45, 2.75) is 13.3 Å². The van der Waals surface area contributed by atoms with Gasteiger partial charge in [-0.3, -0.25) is 9.59 Å². The van der Waals surface area contributed by atoms with Crippen LogP contribution in [-0.4, -0.2) is 58.5 Å². The summed E-state index contributed by atoms with van der Waals surface area (Å²) < 4.78 is 27.1. The van der Waals surface area contributed by atoms with E-state index >= 15 is 0 Å². The van der Waals surface area contributed by atoms with Crippen LogP contribution in [0.25, 0.3) is 0 Å². The highest BCUT2D eigenvalue weighted by atomic mass is 16.6. The normalized spacial score (nSPS) is 10.5. The molecule has 0 unspecified atom stereocenters. The van der Waals surface area contributed by atoms with E-state index in [1.807, 2.05) is 6.07 Å². The Bertz CT molecular complexity index is 1330. The van der Waals surface area contributed by atoms with Crippen LogP contribution in [0.4, 0.5) is 0 Å². The Morgan fingerprint density at radius 3 is 2.15 bits per heavy atom. The van der Waals surface area contributed by atoms with Crippen molar-refractivity contribution >= 4 is 24.0 Å². The summed E-state index contributed by atoms with van der Waals surface area (Å²) in [4.78, 5) is 37.0. The lowest BCUT2D eigenvalue weighted by Crippen LogP contribution is -2.28. The predicted octanol–water partition coefficient (Wildman–Crippen LogP) is 3.60. The van der Waals surface area contributed by atoms with Crippen LogP contribution in [0.5, 0.6) is 28.7 Å². The molecule has 0 heterocycles. The number of nitrogens with one attached hydrogen (secondary N) is 2. The first-order chi connectivity index (χ1) is 19.4. The Labute approximate surface area is 232 Å². The summed E-state index contributed by atoms with van der Waals surface area (Å²) in [6.45, 7) is 2.28. The van der Waals surface area contributed by atoms with Crippen molar-refractivity contribution in [1.82, 2.24) is 10.7 Å². The average molecular weight is 550 g/mol. The second kappa shape index (κ2) is 14.8. The van der Waals surface area contributed by atoms with Crippen molar-refractivity contribution in [1.29, 1.82) is 0 Å². The molecule has 210 valence electrons. The van der Waals surface area contributed by atoms with Gasteiger partial charge in [0.05, 0.1) is 39.7 Å². The molecule has 2 N–H and O–H groups in total. The van der Waals surface area contributed by atoms with Crippen LogP contribution in [0.15, 0.2) is 65.8 Å². The molecule has 0 bridgehead atoms. The molecule has 11 nitrogen and oxygen atoms in total. The minimum atomic E-state index is -0.659. The fourth-order valence-electron chi connectivity index (χ4n) is 3.53. The lowest BCUT2D eigenvalue weighted by molar-refractivity contribution is -0.120. The molecule has 0 saturated heterocycles. The van der Waals surface area contributed by atoms with Gasteiger partial charge >= 0.3 is 5.97 Å². The highest BCUT2D eigenvalue weighted by Crippen LogP contribution is 2.38. The molecular formula is C29H31N3O8. The SMILES string of the molecule is CCOc1cc(C=NNC(=O)CCNC(=O)c2ccccc2)ccc1OC(=O)c1cc(OC)c(OC)c(OC)c1. The molecule has 0 saturated carbocycles. The maximum Gasteiger partial charge on any atom is 0.343 e. The van der Waals surface area contributed by atoms with Crippen LogP contribution < -0.4 is 34.4 Å². The van der Waals surface area contributed by atoms with E-state index < -0.39 is 5.97 Å². The van der Waals surface area contributed by atoms with Gasteiger partial charge in [0.1, 0.15) is 0 Å². The zero-order valence-electron chi connectivity index (χ0n) is 22.7. The molecule has 0 aliphatic carbocycles. The minimum absolute atomic E-state index is 0.0515. The zero-order chi connectivity index (χ0) is 28.9. The summed E-state index contributed by atoms with van der Waals surface area (Å²) in [5, 5.41) is 6.63. The predicted molar refractivity (Wildman–Crippen MR) is 148 cm³/mol. The monoisotopic (exact) mass is 549 g/mol. The summed E-state index contributed by atoms with van der Waals surface area (Å²) in [7, 11) is 4.37. The Morgan fingerprint density at radius 2 is 1.52 bits per heavy atom. The van der Waals surface area contributed by atoms with Gasteiger partial charge in [0.2, 0.25) is 11.7 Å². The van der Waals surface area contributed by atoms with Gasteiger partial charge < -0.3 is 29.0 Å². The summed E-state index contributed by atoms with van der Waals surface area (Å²) >= 11 is 0. The molecule has 3 rings (SSSR count). The number of benzene rings is 3. The number of ether oxygens (including phenoxy) is 5. The Balaban J connectivity index is 1.61. The van der Waals surface area contributed by atoms with Crippen molar-refractivity contribution < 1.29 is 38.1 Å². The van der Waals surface area contributed by atoms with E-state index in [1.54, 1.807) is 49.4 Å². The van der Waals surface area contributed by atoms with E-state index in [0.717, 1.165) is 0 Å².